The number of rotatable bonds is 1. The molecule has 4 nitrogen and oxygen atoms in total. The Kier molecular flexibility index (Phi) is 2.70. The number of aromatic amines is 1. The van der Waals surface area contributed by atoms with Crippen molar-refractivity contribution in [1.82, 2.24) is 10.3 Å². The molecule has 0 fully saturated rings. The van der Waals surface area contributed by atoms with Crippen molar-refractivity contribution in [3.05, 3.63) is 34.5 Å². The summed E-state index contributed by atoms with van der Waals surface area (Å²) in [6.07, 6.45) is 0.525. The first kappa shape index (κ1) is 13.2. The summed E-state index contributed by atoms with van der Waals surface area (Å²) in [6.45, 7) is 8.22. The van der Waals surface area contributed by atoms with Gasteiger partial charge in [0.15, 0.2) is 0 Å². The van der Waals surface area contributed by atoms with Gasteiger partial charge in [0.05, 0.1) is 5.54 Å². The third kappa shape index (κ3) is 1.83. The van der Waals surface area contributed by atoms with Crippen LogP contribution in [-0.4, -0.2) is 22.1 Å². The van der Waals surface area contributed by atoms with Gasteiger partial charge in [0.25, 0.3) is 0 Å². The molecule has 0 spiro atoms. The Balaban J connectivity index is 2.29. The molecule has 0 aliphatic carbocycles. The molecule has 0 radical (unpaired) electrons. The molecule has 0 amide bonds. The largest absolute Gasteiger partial charge is 0.480 e. The first-order chi connectivity index (χ1) is 9.29. The molecule has 1 aromatic carbocycles. The smallest absolute Gasteiger partial charge is 0.321 e. The van der Waals surface area contributed by atoms with Crippen LogP contribution in [0, 0.1) is 13.8 Å². The van der Waals surface area contributed by atoms with Gasteiger partial charge in [-0.25, -0.2) is 0 Å². The summed E-state index contributed by atoms with van der Waals surface area (Å²) in [5.41, 5.74) is 5.43. The van der Waals surface area contributed by atoms with Gasteiger partial charge in [-0.2, -0.15) is 0 Å². The predicted octanol–water partition coefficient (Wildman–Crippen LogP) is 2.62. The number of carboxylic acids is 1. The van der Waals surface area contributed by atoms with Crippen LogP contribution in [0.25, 0.3) is 10.9 Å². The van der Waals surface area contributed by atoms with Gasteiger partial charge in [0, 0.05) is 23.0 Å². The fraction of sp³-hybridized carbons (Fsp3) is 0.438. The average molecular weight is 272 g/mol. The fourth-order valence-corrected chi connectivity index (χ4v) is 3.36. The summed E-state index contributed by atoms with van der Waals surface area (Å²) in [5, 5.41) is 13.7. The third-order valence-corrected chi connectivity index (χ3v) is 4.22. The zero-order chi connectivity index (χ0) is 14.7. The standard InChI is InChI=1S/C16H20N2O2/c1-8-5-9(2)13-10(6-8)11-7-12(15(19)20)18-16(3,4)14(11)17-13/h5-6,12,17-18H,7H2,1-4H3,(H,19,20). The summed E-state index contributed by atoms with van der Waals surface area (Å²) in [6, 6.07) is 3.77. The Morgan fingerprint density at radius 2 is 2.05 bits per heavy atom. The van der Waals surface area contributed by atoms with Gasteiger partial charge < -0.3 is 10.1 Å². The molecule has 3 rings (SSSR count). The fourth-order valence-electron chi connectivity index (χ4n) is 3.36. The lowest BCUT2D eigenvalue weighted by Gasteiger charge is -2.35. The highest BCUT2D eigenvalue weighted by Gasteiger charge is 2.37. The molecule has 0 saturated carbocycles. The molecule has 2 heterocycles. The van der Waals surface area contributed by atoms with Crippen LogP contribution in [0.4, 0.5) is 0 Å². The van der Waals surface area contributed by atoms with E-state index in [-0.39, 0.29) is 5.54 Å². The van der Waals surface area contributed by atoms with E-state index in [4.69, 9.17) is 0 Å². The predicted molar refractivity (Wildman–Crippen MR) is 79.1 cm³/mol. The van der Waals surface area contributed by atoms with Crippen molar-refractivity contribution in [2.24, 2.45) is 0 Å². The van der Waals surface area contributed by atoms with Crippen LogP contribution in [0.1, 0.15) is 36.2 Å². The van der Waals surface area contributed by atoms with Crippen LogP contribution in [0.2, 0.25) is 0 Å². The summed E-state index contributed by atoms with van der Waals surface area (Å²) >= 11 is 0. The first-order valence-corrected chi connectivity index (χ1v) is 6.92. The number of aliphatic carboxylic acids is 1. The van der Waals surface area contributed by atoms with Crippen molar-refractivity contribution >= 4 is 16.9 Å². The van der Waals surface area contributed by atoms with Crippen LogP contribution in [0.5, 0.6) is 0 Å². The molecule has 0 saturated heterocycles. The van der Waals surface area contributed by atoms with Crippen LogP contribution in [0.3, 0.4) is 0 Å². The van der Waals surface area contributed by atoms with E-state index in [1.165, 1.54) is 16.5 Å². The number of carbonyl (C=O) groups is 1. The van der Waals surface area contributed by atoms with E-state index >= 15 is 0 Å². The van der Waals surface area contributed by atoms with Crippen molar-refractivity contribution < 1.29 is 9.90 Å². The number of benzene rings is 1. The van der Waals surface area contributed by atoms with Crippen molar-refractivity contribution in [2.75, 3.05) is 0 Å². The minimum Gasteiger partial charge on any atom is -0.480 e. The highest BCUT2D eigenvalue weighted by atomic mass is 16.4. The lowest BCUT2D eigenvalue weighted by atomic mass is 9.86. The molecule has 1 aromatic heterocycles. The van der Waals surface area contributed by atoms with E-state index in [1.54, 1.807) is 0 Å². The molecule has 1 aliphatic rings. The van der Waals surface area contributed by atoms with Crippen molar-refractivity contribution in [1.29, 1.82) is 0 Å². The van der Waals surface area contributed by atoms with Gasteiger partial charge in [0.2, 0.25) is 0 Å². The zero-order valence-electron chi connectivity index (χ0n) is 12.3. The van der Waals surface area contributed by atoms with Crippen molar-refractivity contribution in [2.45, 2.75) is 45.7 Å². The number of aryl methyl sites for hydroxylation is 2. The summed E-state index contributed by atoms with van der Waals surface area (Å²) in [5.74, 6) is -0.789. The monoisotopic (exact) mass is 272 g/mol. The first-order valence-electron chi connectivity index (χ1n) is 6.92. The van der Waals surface area contributed by atoms with Gasteiger partial charge in [-0.3, -0.25) is 10.1 Å². The van der Waals surface area contributed by atoms with E-state index in [9.17, 15) is 9.90 Å². The second-order valence-electron chi connectivity index (χ2n) is 6.35. The van der Waals surface area contributed by atoms with Crippen molar-refractivity contribution in [3.63, 3.8) is 0 Å². The molecule has 4 heteroatoms. The van der Waals surface area contributed by atoms with E-state index in [0.717, 1.165) is 16.8 Å². The Morgan fingerprint density at radius 3 is 2.70 bits per heavy atom. The molecule has 0 bridgehead atoms. The maximum atomic E-state index is 11.4. The van der Waals surface area contributed by atoms with Crippen LogP contribution in [-0.2, 0) is 16.8 Å². The lowest BCUT2D eigenvalue weighted by Crippen LogP contribution is -2.52. The molecule has 1 atom stereocenters. The molecule has 3 N–H and O–H groups in total. The summed E-state index contributed by atoms with van der Waals surface area (Å²) in [7, 11) is 0. The molecular weight excluding hydrogens is 252 g/mol. The van der Waals surface area contributed by atoms with Crippen molar-refractivity contribution in [3.8, 4) is 0 Å². The molecule has 20 heavy (non-hydrogen) atoms. The van der Waals surface area contributed by atoms with Gasteiger partial charge in [0.1, 0.15) is 6.04 Å². The molecule has 1 aliphatic heterocycles. The summed E-state index contributed by atoms with van der Waals surface area (Å²) < 4.78 is 0. The summed E-state index contributed by atoms with van der Waals surface area (Å²) in [4.78, 5) is 14.9. The number of H-pyrrole nitrogens is 1. The van der Waals surface area contributed by atoms with E-state index in [0.29, 0.717) is 6.42 Å². The van der Waals surface area contributed by atoms with Crippen LogP contribution in [0.15, 0.2) is 12.1 Å². The second-order valence-corrected chi connectivity index (χ2v) is 6.35. The second kappa shape index (κ2) is 4.09. The van der Waals surface area contributed by atoms with E-state index in [1.807, 2.05) is 13.8 Å². The maximum Gasteiger partial charge on any atom is 0.321 e. The third-order valence-electron chi connectivity index (χ3n) is 4.22. The van der Waals surface area contributed by atoms with Gasteiger partial charge in [-0.1, -0.05) is 11.6 Å². The normalized spacial score (nSPS) is 20.9. The number of fused-ring (bicyclic) bond motifs is 3. The topological polar surface area (TPSA) is 65.1 Å². The van der Waals surface area contributed by atoms with E-state index in [2.05, 4.69) is 36.3 Å². The molecular formula is C16H20N2O2. The number of hydrogen-bond donors (Lipinski definition) is 3. The van der Waals surface area contributed by atoms with Crippen LogP contribution >= 0.6 is 0 Å². The highest BCUT2D eigenvalue weighted by molar-refractivity contribution is 5.89. The van der Waals surface area contributed by atoms with Gasteiger partial charge >= 0.3 is 5.97 Å². The Labute approximate surface area is 118 Å². The van der Waals surface area contributed by atoms with Crippen LogP contribution < -0.4 is 5.32 Å². The lowest BCUT2D eigenvalue weighted by molar-refractivity contribution is -0.140. The van der Waals surface area contributed by atoms with Gasteiger partial charge in [-0.05, 0) is 44.9 Å². The zero-order valence-corrected chi connectivity index (χ0v) is 12.3. The Bertz CT molecular complexity index is 713. The Morgan fingerprint density at radius 1 is 1.35 bits per heavy atom. The van der Waals surface area contributed by atoms with E-state index < -0.39 is 12.0 Å². The quantitative estimate of drug-likeness (QED) is 0.747. The molecule has 2 aromatic rings. The number of aromatic nitrogens is 1. The van der Waals surface area contributed by atoms with Gasteiger partial charge in [-0.15, -0.1) is 0 Å². The molecule has 106 valence electrons. The number of nitrogens with one attached hydrogen (secondary N) is 2. The highest BCUT2D eigenvalue weighted by Crippen LogP contribution is 2.36. The minimum absolute atomic E-state index is 0.365. The maximum absolute atomic E-state index is 11.4. The Hall–Kier alpha value is -1.81. The average Bonchev–Trinajstić information content (AvgIpc) is 2.68. The number of carboxylic acid groups (broad SMARTS) is 1. The SMILES string of the molecule is Cc1cc(C)c2[nH]c3c(c2c1)CC(C(=O)O)NC3(C)C. The molecule has 1 unspecified atom stereocenters. The minimum atomic E-state index is -0.789. The number of hydrogen-bond acceptors (Lipinski definition) is 2.